The van der Waals surface area contributed by atoms with Crippen molar-refractivity contribution >= 4 is 45.8 Å². The van der Waals surface area contributed by atoms with Gasteiger partial charge in [-0.05, 0) is 55.5 Å². The third kappa shape index (κ3) is 4.64. The minimum absolute atomic E-state index is 0.00895. The van der Waals surface area contributed by atoms with Gasteiger partial charge in [0, 0.05) is 28.6 Å². The number of hydrogen-bond acceptors (Lipinski definition) is 3. The number of nitrogens with one attached hydrogen (secondary N) is 1. The van der Waals surface area contributed by atoms with Gasteiger partial charge in [-0.3, -0.25) is 19.3 Å². The highest BCUT2D eigenvalue weighted by Gasteiger charge is 2.34. The Kier molecular flexibility index (Phi) is 6.89. The topological polar surface area (TPSA) is 69.7 Å². The first-order chi connectivity index (χ1) is 16.3. The van der Waals surface area contributed by atoms with Crippen molar-refractivity contribution in [2.75, 3.05) is 11.4 Å². The Morgan fingerprint density at radius 2 is 1.76 bits per heavy atom. The van der Waals surface area contributed by atoms with E-state index in [0.29, 0.717) is 16.3 Å². The summed E-state index contributed by atoms with van der Waals surface area (Å²) in [7, 11) is 0. The molecular formula is C27H28ClN3O3. The van der Waals surface area contributed by atoms with Gasteiger partial charge in [0.15, 0.2) is 0 Å². The Labute approximate surface area is 204 Å². The number of halogens is 1. The summed E-state index contributed by atoms with van der Waals surface area (Å²) < 4.78 is 0. The summed E-state index contributed by atoms with van der Waals surface area (Å²) in [6.45, 7) is 5.67. The van der Waals surface area contributed by atoms with Gasteiger partial charge in [-0.15, -0.1) is 0 Å². The lowest BCUT2D eigenvalue weighted by Crippen LogP contribution is -2.52. The van der Waals surface area contributed by atoms with E-state index in [0.717, 1.165) is 22.8 Å². The standard InChI is InChI=1S/C27H28ClN3O3/c1-4-17(2)29-26(33)18(3)30(15-19-8-5-11-21(28)14-19)24(32)16-31-23-13-7-10-20-9-6-12-22(25(20)23)27(31)34/h5-14,17-18H,4,15-16H2,1-3H3,(H,29,33). The van der Waals surface area contributed by atoms with Crippen LogP contribution in [-0.2, 0) is 16.1 Å². The lowest BCUT2D eigenvalue weighted by molar-refractivity contribution is -0.139. The minimum Gasteiger partial charge on any atom is -0.352 e. The van der Waals surface area contributed by atoms with E-state index < -0.39 is 6.04 Å². The maximum atomic E-state index is 13.6. The van der Waals surface area contributed by atoms with E-state index in [4.69, 9.17) is 11.6 Å². The van der Waals surface area contributed by atoms with E-state index in [1.165, 1.54) is 9.80 Å². The van der Waals surface area contributed by atoms with Crippen molar-refractivity contribution in [2.45, 2.75) is 45.8 Å². The summed E-state index contributed by atoms with van der Waals surface area (Å²) in [6, 6.07) is 17.7. The fourth-order valence-corrected chi connectivity index (χ4v) is 4.46. The molecule has 0 spiro atoms. The third-order valence-electron chi connectivity index (χ3n) is 6.35. The normalized spacial score (nSPS) is 14.2. The van der Waals surface area contributed by atoms with Crippen molar-refractivity contribution in [2.24, 2.45) is 0 Å². The molecule has 1 N–H and O–H groups in total. The van der Waals surface area contributed by atoms with Crippen molar-refractivity contribution in [1.29, 1.82) is 0 Å². The number of nitrogens with zero attached hydrogens (tertiary/aromatic N) is 2. The zero-order chi connectivity index (χ0) is 24.4. The lowest BCUT2D eigenvalue weighted by atomic mass is 10.1. The molecule has 0 aliphatic carbocycles. The zero-order valence-corrected chi connectivity index (χ0v) is 20.3. The second-order valence-electron chi connectivity index (χ2n) is 8.72. The first-order valence-corrected chi connectivity index (χ1v) is 11.9. The average Bonchev–Trinajstić information content (AvgIpc) is 3.10. The molecule has 3 aromatic rings. The van der Waals surface area contributed by atoms with Gasteiger partial charge in [0.05, 0.1) is 5.69 Å². The Morgan fingerprint density at radius 1 is 1.06 bits per heavy atom. The van der Waals surface area contributed by atoms with E-state index in [1.807, 2.05) is 56.3 Å². The summed E-state index contributed by atoms with van der Waals surface area (Å²) in [5.74, 6) is -0.757. The van der Waals surface area contributed by atoms with Crippen LogP contribution in [0.4, 0.5) is 5.69 Å². The molecule has 176 valence electrons. The maximum absolute atomic E-state index is 13.6. The molecule has 0 aromatic heterocycles. The van der Waals surface area contributed by atoms with Crippen molar-refractivity contribution in [1.82, 2.24) is 10.2 Å². The summed E-state index contributed by atoms with van der Waals surface area (Å²) in [5, 5.41) is 5.32. The molecule has 0 bridgehead atoms. The molecule has 1 aliphatic rings. The molecule has 34 heavy (non-hydrogen) atoms. The van der Waals surface area contributed by atoms with E-state index in [9.17, 15) is 14.4 Å². The number of rotatable bonds is 8. The molecule has 4 rings (SSSR count). The number of benzene rings is 3. The van der Waals surface area contributed by atoms with E-state index in [-0.39, 0.29) is 36.9 Å². The summed E-state index contributed by atoms with van der Waals surface area (Å²) >= 11 is 6.16. The van der Waals surface area contributed by atoms with E-state index >= 15 is 0 Å². The van der Waals surface area contributed by atoms with Crippen LogP contribution >= 0.6 is 11.6 Å². The van der Waals surface area contributed by atoms with Crippen molar-refractivity contribution in [3.8, 4) is 0 Å². The largest absolute Gasteiger partial charge is 0.352 e. The Hall–Kier alpha value is -3.38. The van der Waals surface area contributed by atoms with Crippen LogP contribution in [-0.4, -0.2) is 41.2 Å². The Balaban J connectivity index is 1.62. The quantitative estimate of drug-likeness (QED) is 0.507. The lowest BCUT2D eigenvalue weighted by Gasteiger charge is -2.31. The molecule has 0 fully saturated rings. The van der Waals surface area contributed by atoms with E-state index in [2.05, 4.69) is 5.32 Å². The number of amides is 3. The first-order valence-electron chi connectivity index (χ1n) is 11.5. The predicted molar refractivity (Wildman–Crippen MR) is 135 cm³/mol. The minimum atomic E-state index is -0.726. The van der Waals surface area contributed by atoms with Crippen LogP contribution in [0.5, 0.6) is 0 Å². The fourth-order valence-electron chi connectivity index (χ4n) is 4.24. The summed E-state index contributed by atoms with van der Waals surface area (Å²) in [6.07, 6.45) is 0.783. The highest BCUT2D eigenvalue weighted by atomic mass is 35.5. The molecule has 7 heteroatoms. The molecule has 6 nitrogen and oxygen atoms in total. The highest BCUT2D eigenvalue weighted by molar-refractivity contribution is 6.30. The monoisotopic (exact) mass is 477 g/mol. The smallest absolute Gasteiger partial charge is 0.259 e. The number of hydrogen-bond donors (Lipinski definition) is 1. The van der Waals surface area contributed by atoms with E-state index in [1.54, 1.807) is 25.1 Å². The number of carbonyl (C=O) groups excluding carboxylic acids is 3. The Bertz CT molecular complexity index is 1250. The first kappa shape index (κ1) is 23.8. The Morgan fingerprint density at radius 3 is 2.47 bits per heavy atom. The molecule has 3 aromatic carbocycles. The van der Waals surface area contributed by atoms with Crippen molar-refractivity contribution < 1.29 is 14.4 Å². The van der Waals surface area contributed by atoms with Crippen LogP contribution in [0, 0.1) is 0 Å². The van der Waals surface area contributed by atoms with Crippen molar-refractivity contribution in [3.05, 3.63) is 76.8 Å². The molecule has 0 radical (unpaired) electrons. The van der Waals surface area contributed by atoms with Gasteiger partial charge in [-0.1, -0.05) is 54.9 Å². The van der Waals surface area contributed by atoms with Crippen molar-refractivity contribution in [3.63, 3.8) is 0 Å². The SMILES string of the molecule is CCC(C)NC(=O)C(C)N(Cc1cccc(Cl)c1)C(=O)CN1C(=O)c2cccc3cccc1c23. The zero-order valence-electron chi connectivity index (χ0n) is 19.5. The van der Waals surface area contributed by atoms with Gasteiger partial charge in [0.25, 0.3) is 5.91 Å². The average molecular weight is 478 g/mol. The van der Waals surface area contributed by atoms with Crippen LogP contribution in [0.15, 0.2) is 60.7 Å². The second kappa shape index (κ2) is 9.85. The van der Waals surface area contributed by atoms with Crippen LogP contribution in [0.3, 0.4) is 0 Å². The molecule has 3 amide bonds. The predicted octanol–water partition coefficient (Wildman–Crippen LogP) is 4.79. The molecule has 2 unspecified atom stereocenters. The molecular weight excluding hydrogens is 450 g/mol. The van der Waals surface area contributed by atoms with Gasteiger partial charge < -0.3 is 10.2 Å². The van der Waals surface area contributed by atoms with Crippen LogP contribution < -0.4 is 10.2 Å². The highest BCUT2D eigenvalue weighted by Crippen LogP contribution is 2.37. The maximum Gasteiger partial charge on any atom is 0.259 e. The fraction of sp³-hybridized carbons (Fsp3) is 0.296. The molecule has 1 heterocycles. The van der Waals surface area contributed by atoms with Gasteiger partial charge in [-0.2, -0.15) is 0 Å². The number of carbonyl (C=O) groups is 3. The molecule has 0 saturated heterocycles. The van der Waals surface area contributed by atoms with Crippen LogP contribution in [0.1, 0.15) is 43.1 Å². The van der Waals surface area contributed by atoms with Crippen LogP contribution in [0.2, 0.25) is 5.02 Å². The molecule has 0 saturated carbocycles. The van der Waals surface area contributed by atoms with Gasteiger partial charge in [0.2, 0.25) is 11.8 Å². The molecule has 2 atom stereocenters. The second-order valence-corrected chi connectivity index (χ2v) is 9.15. The summed E-state index contributed by atoms with van der Waals surface area (Å²) in [4.78, 5) is 42.8. The van der Waals surface area contributed by atoms with Crippen LogP contribution in [0.25, 0.3) is 10.8 Å². The molecule has 1 aliphatic heterocycles. The number of anilines is 1. The van der Waals surface area contributed by atoms with Gasteiger partial charge >= 0.3 is 0 Å². The van der Waals surface area contributed by atoms with Gasteiger partial charge in [0.1, 0.15) is 12.6 Å². The van der Waals surface area contributed by atoms with Gasteiger partial charge in [-0.25, -0.2) is 0 Å². The summed E-state index contributed by atoms with van der Waals surface area (Å²) in [5.41, 5.74) is 2.11. The third-order valence-corrected chi connectivity index (χ3v) is 6.59.